The van der Waals surface area contributed by atoms with Gasteiger partial charge in [0, 0.05) is 12.3 Å². The van der Waals surface area contributed by atoms with Crippen LogP contribution in [0.1, 0.15) is 17.5 Å². The number of Topliss-reactive ketones (excluding diaryl/α,β-unsaturated/α-hetero) is 1. The van der Waals surface area contributed by atoms with Crippen LogP contribution in [0.15, 0.2) is 40.8 Å². The summed E-state index contributed by atoms with van der Waals surface area (Å²) in [6.07, 6.45) is 0. The van der Waals surface area contributed by atoms with E-state index in [1.165, 1.54) is 19.1 Å². The third-order valence-electron chi connectivity index (χ3n) is 2.78. The second kappa shape index (κ2) is 3.42. The van der Waals surface area contributed by atoms with Gasteiger partial charge in [-0.1, -0.05) is 6.07 Å². The zero-order chi connectivity index (χ0) is 12.0. The van der Waals surface area contributed by atoms with E-state index in [2.05, 4.69) is 0 Å². The van der Waals surface area contributed by atoms with Crippen LogP contribution in [0.5, 0.6) is 0 Å². The van der Waals surface area contributed by atoms with Crippen LogP contribution in [0, 0.1) is 5.82 Å². The van der Waals surface area contributed by atoms with Crippen molar-refractivity contribution in [2.24, 2.45) is 0 Å². The van der Waals surface area contributed by atoms with Crippen LogP contribution in [-0.2, 0) is 0 Å². The molecule has 0 spiro atoms. The van der Waals surface area contributed by atoms with Crippen LogP contribution in [0.2, 0.25) is 0 Å². The first kappa shape index (κ1) is 10.0. The molecule has 2 nitrogen and oxygen atoms in total. The van der Waals surface area contributed by atoms with Crippen LogP contribution in [0.3, 0.4) is 0 Å². The molecule has 1 aromatic heterocycles. The summed E-state index contributed by atoms with van der Waals surface area (Å²) in [5.74, 6) is -0.0672. The molecule has 0 atom stereocenters. The number of furan rings is 1. The highest BCUT2D eigenvalue weighted by Gasteiger charge is 2.08. The number of benzene rings is 2. The number of rotatable bonds is 1. The molecule has 0 aliphatic rings. The van der Waals surface area contributed by atoms with E-state index in [0.717, 1.165) is 16.2 Å². The molecule has 3 heteroatoms. The van der Waals surface area contributed by atoms with Crippen molar-refractivity contribution in [3.05, 3.63) is 48.0 Å². The van der Waals surface area contributed by atoms with Crippen molar-refractivity contribution < 1.29 is 13.6 Å². The summed E-state index contributed by atoms with van der Waals surface area (Å²) in [5, 5.41) is 2.55. The minimum absolute atomic E-state index is 0.114. The standard InChI is InChI=1S/C14H9FO2/c1-8(16)13-7-11-4-9-2-3-12(15)5-10(9)6-14(11)17-13/h2-7H,1H3. The molecule has 1 heterocycles. The molecule has 84 valence electrons. The summed E-state index contributed by atoms with van der Waals surface area (Å²) >= 11 is 0. The normalized spacial score (nSPS) is 11.2. The van der Waals surface area contributed by atoms with Crippen LogP contribution in [0.4, 0.5) is 4.39 Å². The van der Waals surface area contributed by atoms with Crippen LogP contribution in [0.25, 0.3) is 21.7 Å². The maximum atomic E-state index is 13.1. The van der Waals surface area contributed by atoms with Gasteiger partial charge in [-0.25, -0.2) is 4.39 Å². The fraction of sp³-hybridized carbons (Fsp3) is 0.0714. The Morgan fingerprint density at radius 1 is 1.06 bits per heavy atom. The molecule has 0 N–H and O–H groups in total. The van der Waals surface area contributed by atoms with Gasteiger partial charge in [-0.3, -0.25) is 4.79 Å². The first-order valence-corrected chi connectivity index (χ1v) is 5.27. The highest BCUT2D eigenvalue weighted by molar-refractivity contribution is 6.00. The SMILES string of the molecule is CC(=O)c1cc2cc3ccc(F)cc3cc2o1. The van der Waals surface area contributed by atoms with E-state index in [4.69, 9.17) is 4.42 Å². The van der Waals surface area contributed by atoms with Gasteiger partial charge in [-0.2, -0.15) is 0 Å². The van der Waals surface area contributed by atoms with Crippen molar-refractivity contribution in [2.45, 2.75) is 6.92 Å². The Balaban J connectivity index is 2.36. The highest BCUT2D eigenvalue weighted by atomic mass is 19.1. The molecule has 3 rings (SSSR count). The molecule has 0 amide bonds. The second-order valence-electron chi connectivity index (χ2n) is 4.05. The van der Waals surface area contributed by atoms with Crippen LogP contribution in [-0.4, -0.2) is 5.78 Å². The molecule has 0 saturated carbocycles. The molecule has 17 heavy (non-hydrogen) atoms. The van der Waals surface area contributed by atoms with Gasteiger partial charge in [0.05, 0.1) is 0 Å². The molecule has 0 fully saturated rings. The van der Waals surface area contributed by atoms with E-state index in [0.29, 0.717) is 11.3 Å². The fourth-order valence-corrected chi connectivity index (χ4v) is 1.93. The van der Waals surface area contributed by atoms with Crippen LogP contribution >= 0.6 is 0 Å². The van der Waals surface area contributed by atoms with Gasteiger partial charge < -0.3 is 4.42 Å². The lowest BCUT2D eigenvalue weighted by molar-refractivity contribution is 0.0989. The molecule has 0 aliphatic carbocycles. The van der Waals surface area contributed by atoms with E-state index in [-0.39, 0.29) is 11.6 Å². The topological polar surface area (TPSA) is 30.2 Å². The average molecular weight is 228 g/mol. The Morgan fingerprint density at radius 3 is 2.65 bits per heavy atom. The molecule has 0 bridgehead atoms. The summed E-state index contributed by atoms with van der Waals surface area (Å²) in [6.45, 7) is 1.46. The first-order chi connectivity index (χ1) is 8.13. The van der Waals surface area contributed by atoms with Gasteiger partial charge in [0.15, 0.2) is 11.5 Å². The van der Waals surface area contributed by atoms with Crippen molar-refractivity contribution in [2.75, 3.05) is 0 Å². The van der Waals surface area contributed by atoms with Gasteiger partial charge in [-0.15, -0.1) is 0 Å². The summed E-state index contributed by atoms with van der Waals surface area (Å²) in [4.78, 5) is 11.2. The maximum Gasteiger partial charge on any atom is 0.194 e. The molecule has 0 unspecified atom stereocenters. The summed E-state index contributed by atoms with van der Waals surface area (Å²) in [5.41, 5.74) is 0.605. The van der Waals surface area contributed by atoms with E-state index >= 15 is 0 Å². The molecule has 0 saturated heterocycles. The number of hydrogen-bond donors (Lipinski definition) is 0. The Hall–Kier alpha value is -2.16. The van der Waals surface area contributed by atoms with Crippen LogP contribution < -0.4 is 0 Å². The van der Waals surface area contributed by atoms with Crippen molar-refractivity contribution in [1.82, 2.24) is 0 Å². The second-order valence-corrected chi connectivity index (χ2v) is 4.05. The smallest absolute Gasteiger partial charge is 0.194 e. The quantitative estimate of drug-likeness (QED) is 0.591. The Labute approximate surface area is 96.6 Å². The monoisotopic (exact) mass is 228 g/mol. The Morgan fingerprint density at radius 2 is 1.88 bits per heavy atom. The molecule has 0 radical (unpaired) electrons. The van der Waals surface area contributed by atoms with Gasteiger partial charge in [0.1, 0.15) is 11.4 Å². The molecular formula is C14H9FO2. The summed E-state index contributed by atoms with van der Waals surface area (Å²) in [7, 11) is 0. The minimum atomic E-state index is -0.282. The molecule has 2 aromatic carbocycles. The van der Waals surface area contributed by atoms with Crippen molar-refractivity contribution in [3.63, 3.8) is 0 Å². The van der Waals surface area contributed by atoms with E-state index in [9.17, 15) is 9.18 Å². The van der Waals surface area contributed by atoms with Crippen molar-refractivity contribution in [3.8, 4) is 0 Å². The van der Waals surface area contributed by atoms with Gasteiger partial charge >= 0.3 is 0 Å². The minimum Gasteiger partial charge on any atom is -0.453 e. The number of fused-ring (bicyclic) bond motifs is 2. The van der Waals surface area contributed by atoms with Crippen molar-refractivity contribution in [1.29, 1.82) is 0 Å². The fourth-order valence-electron chi connectivity index (χ4n) is 1.93. The largest absolute Gasteiger partial charge is 0.453 e. The van der Waals surface area contributed by atoms with E-state index in [1.54, 1.807) is 18.2 Å². The number of ketones is 1. The lowest BCUT2D eigenvalue weighted by Crippen LogP contribution is -1.85. The summed E-state index contributed by atoms with van der Waals surface area (Å²) < 4.78 is 18.5. The molecule has 0 aliphatic heterocycles. The number of carbonyl (C=O) groups is 1. The Kier molecular flexibility index (Phi) is 2.01. The van der Waals surface area contributed by atoms with Crippen molar-refractivity contribution >= 4 is 27.5 Å². The number of carbonyl (C=O) groups excluding carboxylic acids is 1. The zero-order valence-corrected chi connectivity index (χ0v) is 9.16. The maximum absolute atomic E-state index is 13.1. The van der Waals surface area contributed by atoms with E-state index < -0.39 is 0 Å². The van der Waals surface area contributed by atoms with Gasteiger partial charge in [-0.05, 0) is 41.1 Å². The Bertz CT molecular complexity index is 740. The summed E-state index contributed by atoms with van der Waals surface area (Å²) in [6, 6.07) is 9.93. The average Bonchev–Trinajstić information content (AvgIpc) is 2.68. The third-order valence-corrected chi connectivity index (χ3v) is 2.78. The van der Waals surface area contributed by atoms with Gasteiger partial charge in [0.25, 0.3) is 0 Å². The third kappa shape index (κ3) is 1.60. The molecule has 3 aromatic rings. The molecular weight excluding hydrogens is 219 g/mol. The van der Waals surface area contributed by atoms with E-state index in [1.807, 2.05) is 6.07 Å². The first-order valence-electron chi connectivity index (χ1n) is 5.27. The highest BCUT2D eigenvalue weighted by Crippen LogP contribution is 2.26. The number of hydrogen-bond acceptors (Lipinski definition) is 2. The lowest BCUT2D eigenvalue weighted by Gasteiger charge is -1.97. The lowest BCUT2D eigenvalue weighted by atomic mass is 10.1. The zero-order valence-electron chi connectivity index (χ0n) is 9.16. The number of halogens is 1. The predicted octanol–water partition coefficient (Wildman–Crippen LogP) is 3.93. The predicted molar refractivity (Wildman–Crippen MR) is 63.7 cm³/mol. The van der Waals surface area contributed by atoms with Gasteiger partial charge in [0.2, 0.25) is 0 Å².